The van der Waals surface area contributed by atoms with Gasteiger partial charge in [-0.25, -0.2) is 18.0 Å². The Balaban J connectivity index is 1.51. The first-order valence-corrected chi connectivity index (χ1v) is 11.4. The van der Waals surface area contributed by atoms with Gasteiger partial charge in [-0.15, -0.1) is 10.2 Å². The maximum Gasteiger partial charge on any atom is 0.329 e. The quantitative estimate of drug-likeness (QED) is 0.335. The van der Waals surface area contributed by atoms with Crippen LogP contribution in [-0.4, -0.2) is 30.2 Å². The molecule has 0 saturated heterocycles. The van der Waals surface area contributed by atoms with Crippen LogP contribution in [0.5, 0.6) is 5.75 Å². The van der Waals surface area contributed by atoms with Gasteiger partial charge in [-0.2, -0.15) is 0 Å². The molecule has 0 atom stereocenters. The Morgan fingerprint density at radius 1 is 1.08 bits per heavy atom. The predicted molar refractivity (Wildman–Crippen MR) is 133 cm³/mol. The number of nitrogens with one attached hydrogen (secondary N) is 2. The number of hydrogen-bond donors (Lipinski definition) is 2. The summed E-state index contributed by atoms with van der Waals surface area (Å²) in [5.74, 6) is -2.00. The highest BCUT2D eigenvalue weighted by atomic mass is 19.1. The minimum absolute atomic E-state index is 0.00331. The number of aromatic nitrogens is 5. The average molecular weight is 522 g/mol. The van der Waals surface area contributed by atoms with Crippen molar-refractivity contribution in [1.82, 2.24) is 24.3 Å². The SMILES string of the molecule is Cc1cc(-c2c(F)ccc3c2n(C)c(=O)n3CC(=O)Nc2ccc(F)cc2)cc(F)c1OCc1nnc[nH]1. The lowest BCUT2D eigenvalue weighted by Gasteiger charge is -2.13. The number of aromatic amines is 1. The number of nitrogens with zero attached hydrogens (tertiary/aromatic N) is 4. The third-order valence-electron chi connectivity index (χ3n) is 6.02. The number of hydrogen-bond acceptors (Lipinski definition) is 5. The second-order valence-electron chi connectivity index (χ2n) is 8.60. The number of aryl methyl sites for hydroxylation is 2. The van der Waals surface area contributed by atoms with Gasteiger partial charge in [0, 0.05) is 18.3 Å². The predicted octanol–water partition coefficient (Wildman–Crippen LogP) is 4.07. The molecule has 0 radical (unpaired) electrons. The van der Waals surface area contributed by atoms with Gasteiger partial charge in [0.25, 0.3) is 0 Å². The van der Waals surface area contributed by atoms with Crippen LogP contribution in [0.1, 0.15) is 11.4 Å². The molecule has 38 heavy (non-hydrogen) atoms. The van der Waals surface area contributed by atoms with Crippen LogP contribution in [0.3, 0.4) is 0 Å². The summed E-state index contributed by atoms with van der Waals surface area (Å²) in [4.78, 5) is 28.5. The molecule has 0 fully saturated rings. The van der Waals surface area contributed by atoms with Gasteiger partial charge in [0.15, 0.2) is 17.4 Å². The number of anilines is 1. The van der Waals surface area contributed by atoms with Gasteiger partial charge in [0.05, 0.1) is 11.0 Å². The van der Waals surface area contributed by atoms with E-state index in [1.807, 2.05) is 0 Å². The van der Waals surface area contributed by atoms with Crippen molar-refractivity contribution in [2.75, 3.05) is 5.32 Å². The van der Waals surface area contributed by atoms with E-state index in [1.165, 1.54) is 52.8 Å². The molecular weight excluding hydrogens is 501 g/mol. The minimum Gasteiger partial charge on any atom is -0.482 e. The van der Waals surface area contributed by atoms with Crippen LogP contribution in [0.25, 0.3) is 22.2 Å². The number of amides is 1. The van der Waals surface area contributed by atoms with Crippen LogP contribution >= 0.6 is 0 Å². The molecule has 12 heteroatoms. The number of fused-ring (bicyclic) bond motifs is 1. The van der Waals surface area contributed by atoms with E-state index in [9.17, 15) is 14.0 Å². The molecule has 2 heterocycles. The number of rotatable bonds is 7. The van der Waals surface area contributed by atoms with E-state index < -0.39 is 29.0 Å². The Kier molecular flexibility index (Phi) is 6.45. The van der Waals surface area contributed by atoms with Crippen molar-refractivity contribution in [2.45, 2.75) is 20.1 Å². The molecule has 1 amide bonds. The van der Waals surface area contributed by atoms with Crippen LogP contribution in [0.15, 0.2) is 59.7 Å². The summed E-state index contributed by atoms with van der Waals surface area (Å²) in [6.45, 7) is 1.20. The maximum atomic E-state index is 15.2. The summed E-state index contributed by atoms with van der Waals surface area (Å²) >= 11 is 0. The highest BCUT2D eigenvalue weighted by molar-refractivity contribution is 5.95. The molecule has 0 aliphatic heterocycles. The molecule has 0 bridgehead atoms. The van der Waals surface area contributed by atoms with Crippen molar-refractivity contribution in [2.24, 2.45) is 7.05 Å². The van der Waals surface area contributed by atoms with E-state index in [4.69, 9.17) is 4.74 Å². The number of carbonyl (C=O) groups is 1. The number of carbonyl (C=O) groups excluding carboxylic acids is 1. The van der Waals surface area contributed by atoms with Crippen molar-refractivity contribution >= 4 is 22.6 Å². The molecule has 9 nitrogen and oxygen atoms in total. The number of ether oxygens (including phenoxy) is 1. The highest BCUT2D eigenvalue weighted by Crippen LogP contribution is 2.35. The van der Waals surface area contributed by atoms with Gasteiger partial charge in [0.1, 0.15) is 31.1 Å². The lowest BCUT2D eigenvalue weighted by molar-refractivity contribution is -0.116. The second kappa shape index (κ2) is 9.88. The Bertz CT molecular complexity index is 1690. The fraction of sp³-hybridized carbons (Fsp3) is 0.154. The first-order valence-electron chi connectivity index (χ1n) is 11.4. The molecule has 3 aromatic carbocycles. The summed E-state index contributed by atoms with van der Waals surface area (Å²) in [7, 11) is 1.44. The van der Waals surface area contributed by atoms with Crippen molar-refractivity contribution in [1.29, 1.82) is 0 Å². The Labute approximate surface area is 213 Å². The van der Waals surface area contributed by atoms with Gasteiger partial charge >= 0.3 is 5.69 Å². The standard InChI is InChI=1S/C26H21F3N6O3/c1-14-9-15(10-19(29)25(14)38-12-21-30-13-31-33-21)23-18(28)7-8-20-24(23)34(2)26(37)35(20)11-22(36)32-17-5-3-16(27)4-6-17/h3-10,13H,11-12H2,1-2H3,(H,32,36)(H,30,31,33). The lowest BCUT2D eigenvalue weighted by atomic mass is 10.00. The summed E-state index contributed by atoms with van der Waals surface area (Å²) in [6, 6.07) is 10.4. The normalized spacial score (nSPS) is 11.2. The van der Waals surface area contributed by atoms with Gasteiger partial charge in [-0.05, 0) is 66.6 Å². The fourth-order valence-electron chi connectivity index (χ4n) is 4.30. The van der Waals surface area contributed by atoms with E-state index >= 15 is 8.78 Å². The molecule has 0 aliphatic rings. The summed E-state index contributed by atoms with van der Waals surface area (Å²) < 4.78 is 51.4. The molecule has 5 aromatic rings. The van der Waals surface area contributed by atoms with Crippen LogP contribution in [0, 0.1) is 24.4 Å². The van der Waals surface area contributed by atoms with Crippen molar-refractivity contribution in [3.8, 4) is 16.9 Å². The summed E-state index contributed by atoms with van der Waals surface area (Å²) in [5, 5.41) is 10.0. The summed E-state index contributed by atoms with van der Waals surface area (Å²) in [5.41, 5.74) is 0.866. The number of halogens is 3. The smallest absolute Gasteiger partial charge is 0.329 e. The van der Waals surface area contributed by atoms with Gasteiger partial charge in [-0.3, -0.25) is 13.9 Å². The first-order chi connectivity index (χ1) is 18.2. The number of H-pyrrole nitrogens is 1. The van der Waals surface area contributed by atoms with E-state index in [0.29, 0.717) is 17.1 Å². The third kappa shape index (κ3) is 4.63. The Morgan fingerprint density at radius 3 is 2.53 bits per heavy atom. The average Bonchev–Trinajstić information content (AvgIpc) is 3.48. The zero-order chi connectivity index (χ0) is 27.0. The molecule has 0 aliphatic carbocycles. The maximum absolute atomic E-state index is 15.2. The zero-order valence-electron chi connectivity index (χ0n) is 20.3. The third-order valence-corrected chi connectivity index (χ3v) is 6.02. The fourth-order valence-corrected chi connectivity index (χ4v) is 4.30. The Hall–Kier alpha value is -4.87. The number of benzene rings is 3. The molecular formula is C26H21F3N6O3. The molecule has 0 saturated carbocycles. The summed E-state index contributed by atoms with van der Waals surface area (Å²) in [6.07, 6.45) is 1.37. The van der Waals surface area contributed by atoms with Crippen LogP contribution in [0.4, 0.5) is 18.9 Å². The van der Waals surface area contributed by atoms with E-state index in [1.54, 1.807) is 13.0 Å². The Morgan fingerprint density at radius 2 is 1.84 bits per heavy atom. The molecule has 0 spiro atoms. The van der Waals surface area contributed by atoms with E-state index in [0.717, 1.165) is 12.1 Å². The van der Waals surface area contributed by atoms with Gasteiger partial charge < -0.3 is 15.0 Å². The zero-order valence-corrected chi connectivity index (χ0v) is 20.3. The molecule has 0 unspecified atom stereocenters. The van der Waals surface area contributed by atoms with Crippen molar-refractivity contribution in [3.05, 3.63) is 94.2 Å². The van der Waals surface area contributed by atoms with Crippen molar-refractivity contribution < 1.29 is 22.7 Å². The van der Waals surface area contributed by atoms with Gasteiger partial charge in [0.2, 0.25) is 5.91 Å². The molecule has 2 N–H and O–H groups in total. The molecule has 2 aromatic heterocycles. The lowest BCUT2D eigenvalue weighted by Crippen LogP contribution is -2.28. The molecule has 5 rings (SSSR count). The monoisotopic (exact) mass is 522 g/mol. The highest BCUT2D eigenvalue weighted by Gasteiger charge is 2.22. The topological polar surface area (TPSA) is 107 Å². The van der Waals surface area contributed by atoms with E-state index in [2.05, 4.69) is 20.5 Å². The largest absolute Gasteiger partial charge is 0.482 e. The van der Waals surface area contributed by atoms with Crippen LogP contribution < -0.4 is 15.7 Å². The molecule has 194 valence electrons. The van der Waals surface area contributed by atoms with Crippen molar-refractivity contribution in [3.63, 3.8) is 0 Å². The first kappa shape index (κ1) is 24.8. The van der Waals surface area contributed by atoms with E-state index in [-0.39, 0.29) is 41.1 Å². The minimum atomic E-state index is -0.723. The van der Waals surface area contributed by atoms with Gasteiger partial charge in [-0.1, -0.05) is 0 Å². The van der Waals surface area contributed by atoms with Crippen LogP contribution in [0.2, 0.25) is 0 Å². The second-order valence-corrected chi connectivity index (χ2v) is 8.60. The number of imidazole rings is 1. The van der Waals surface area contributed by atoms with Crippen LogP contribution in [-0.2, 0) is 25.0 Å².